The Bertz CT molecular complexity index is 1050. The van der Waals surface area contributed by atoms with E-state index in [4.69, 9.17) is 0 Å². The van der Waals surface area contributed by atoms with Crippen LogP contribution >= 0.6 is 11.8 Å². The van der Waals surface area contributed by atoms with Crippen LogP contribution in [0, 0.1) is 0 Å². The molecule has 3 rings (SSSR count). The van der Waals surface area contributed by atoms with Crippen molar-refractivity contribution in [2.75, 3.05) is 18.1 Å². The zero-order chi connectivity index (χ0) is 21.7. The van der Waals surface area contributed by atoms with E-state index in [0.29, 0.717) is 16.9 Å². The standard InChI is InChI=1S/C18H15F3N6O2S/c1-30-14-5-3-2-4-13(14)16(28)23-11-6-8-12(9-7-11)27-25-15(24-26-27)17(29)22-10-18(19,20)21/h2-9H,10H2,1H3,(H,22,29)(H,23,28). The molecule has 1 heterocycles. The minimum Gasteiger partial charge on any atom is -0.340 e. The molecule has 12 heteroatoms. The molecule has 0 spiro atoms. The number of rotatable bonds is 6. The molecule has 1 aromatic heterocycles. The predicted octanol–water partition coefficient (Wildman–Crippen LogP) is 2.93. The van der Waals surface area contributed by atoms with Crippen LogP contribution in [0.2, 0.25) is 0 Å². The van der Waals surface area contributed by atoms with Crippen LogP contribution in [-0.4, -0.2) is 51.0 Å². The van der Waals surface area contributed by atoms with Gasteiger partial charge in [-0.05, 0) is 47.9 Å². The van der Waals surface area contributed by atoms with E-state index in [2.05, 4.69) is 20.7 Å². The molecule has 30 heavy (non-hydrogen) atoms. The molecule has 8 nitrogen and oxygen atoms in total. The summed E-state index contributed by atoms with van der Waals surface area (Å²) in [7, 11) is 0. The van der Waals surface area contributed by atoms with Gasteiger partial charge in [-0.1, -0.05) is 12.1 Å². The summed E-state index contributed by atoms with van der Waals surface area (Å²) in [5.41, 5.74) is 1.46. The van der Waals surface area contributed by atoms with Gasteiger partial charge < -0.3 is 10.6 Å². The van der Waals surface area contributed by atoms with Gasteiger partial charge in [0.05, 0.1) is 11.3 Å². The smallest absolute Gasteiger partial charge is 0.340 e. The molecule has 2 N–H and O–H groups in total. The van der Waals surface area contributed by atoms with E-state index < -0.39 is 24.5 Å². The topological polar surface area (TPSA) is 102 Å². The van der Waals surface area contributed by atoms with E-state index >= 15 is 0 Å². The molecule has 0 atom stereocenters. The average molecular weight is 436 g/mol. The Morgan fingerprint density at radius 3 is 2.43 bits per heavy atom. The number of hydrogen-bond donors (Lipinski definition) is 2. The Labute approximate surface area is 172 Å². The Balaban J connectivity index is 1.67. The third-order valence-corrected chi connectivity index (χ3v) is 4.57. The van der Waals surface area contributed by atoms with Gasteiger partial charge in [0.15, 0.2) is 0 Å². The molecule has 0 saturated carbocycles. The zero-order valence-corrected chi connectivity index (χ0v) is 16.3. The van der Waals surface area contributed by atoms with Gasteiger partial charge >= 0.3 is 6.18 Å². The molecule has 0 aliphatic rings. The minimum atomic E-state index is -4.54. The Hall–Kier alpha value is -3.41. The van der Waals surface area contributed by atoms with Gasteiger partial charge in [0.1, 0.15) is 6.54 Å². The zero-order valence-electron chi connectivity index (χ0n) is 15.5. The summed E-state index contributed by atoms with van der Waals surface area (Å²) < 4.78 is 36.5. The Morgan fingerprint density at radius 1 is 1.07 bits per heavy atom. The number of benzene rings is 2. The maximum Gasteiger partial charge on any atom is 0.405 e. The van der Waals surface area contributed by atoms with Crippen molar-refractivity contribution in [1.82, 2.24) is 25.5 Å². The molecule has 0 bridgehead atoms. The number of hydrogen-bond acceptors (Lipinski definition) is 6. The second kappa shape index (κ2) is 8.95. The number of halogens is 3. The minimum absolute atomic E-state index is 0.268. The maximum atomic E-state index is 12.5. The van der Waals surface area contributed by atoms with E-state index in [0.717, 1.165) is 9.69 Å². The number of nitrogens with zero attached hydrogens (tertiary/aromatic N) is 4. The summed E-state index contributed by atoms with van der Waals surface area (Å²) in [5, 5.41) is 15.3. The number of nitrogens with one attached hydrogen (secondary N) is 2. The Kier molecular flexibility index (Phi) is 6.35. The number of anilines is 1. The van der Waals surface area contributed by atoms with Crippen LogP contribution in [0.3, 0.4) is 0 Å². The highest BCUT2D eigenvalue weighted by molar-refractivity contribution is 7.98. The van der Waals surface area contributed by atoms with Gasteiger partial charge in [-0.25, -0.2) is 0 Å². The summed E-state index contributed by atoms with van der Waals surface area (Å²) in [4.78, 5) is 26.0. The van der Waals surface area contributed by atoms with E-state index in [-0.39, 0.29) is 5.91 Å². The van der Waals surface area contributed by atoms with E-state index in [1.54, 1.807) is 41.7 Å². The fraction of sp³-hybridized carbons (Fsp3) is 0.167. The van der Waals surface area contributed by atoms with Gasteiger partial charge in [-0.15, -0.1) is 26.8 Å². The molecule has 0 aliphatic carbocycles. The summed E-state index contributed by atoms with van der Waals surface area (Å²) in [6.45, 7) is -1.49. The van der Waals surface area contributed by atoms with Crippen LogP contribution in [0.1, 0.15) is 21.0 Å². The fourth-order valence-corrected chi connectivity index (χ4v) is 2.98. The van der Waals surface area contributed by atoms with Crippen LogP contribution in [-0.2, 0) is 0 Å². The van der Waals surface area contributed by atoms with E-state index in [1.807, 2.05) is 18.4 Å². The number of alkyl halides is 3. The summed E-state index contributed by atoms with van der Waals surface area (Å²) in [5.74, 6) is -1.85. The quantitative estimate of drug-likeness (QED) is 0.576. The summed E-state index contributed by atoms with van der Waals surface area (Å²) >= 11 is 1.46. The normalized spacial score (nSPS) is 11.2. The number of aromatic nitrogens is 4. The number of amides is 2. The number of carbonyl (C=O) groups is 2. The van der Waals surface area contributed by atoms with Crippen molar-refractivity contribution in [1.29, 1.82) is 0 Å². The van der Waals surface area contributed by atoms with Crippen LogP contribution in [0.5, 0.6) is 0 Å². The molecule has 0 fully saturated rings. The first-order chi connectivity index (χ1) is 14.3. The first-order valence-corrected chi connectivity index (χ1v) is 9.69. The van der Waals surface area contributed by atoms with Gasteiger partial charge in [0.25, 0.3) is 17.6 Å². The molecular weight excluding hydrogens is 421 g/mol. The lowest BCUT2D eigenvalue weighted by molar-refractivity contribution is -0.123. The first kappa shape index (κ1) is 21.3. The maximum absolute atomic E-state index is 12.5. The van der Waals surface area contributed by atoms with E-state index in [1.165, 1.54) is 11.8 Å². The van der Waals surface area contributed by atoms with Crippen molar-refractivity contribution in [3.8, 4) is 5.69 Å². The third-order valence-electron chi connectivity index (χ3n) is 3.77. The highest BCUT2D eigenvalue weighted by Gasteiger charge is 2.28. The molecule has 0 unspecified atom stereocenters. The largest absolute Gasteiger partial charge is 0.405 e. The van der Waals surface area contributed by atoms with Crippen molar-refractivity contribution in [2.45, 2.75) is 11.1 Å². The second-order valence-electron chi connectivity index (χ2n) is 5.90. The molecule has 3 aromatic rings. The van der Waals surface area contributed by atoms with E-state index in [9.17, 15) is 22.8 Å². The van der Waals surface area contributed by atoms with Gasteiger partial charge in [0.2, 0.25) is 0 Å². The van der Waals surface area contributed by atoms with Gasteiger partial charge in [-0.2, -0.15) is 13.2 Å². The number of thioether (sulfide) groups is 1. The monoisotopic (exact) mass is 436 g/mol. The molecular formula is C18H15F3N6O2S. The molecule has 0 aliphatic heterocycles. The summed E-state index contributed by atoms with van der Waals surface area (Å²) in [6, 6.07) is 13.5. The van der Waals surface area contributed by atoms with Crippen LogP contribution in [0.4, 0.5) is 18.9 Å². The van der Waals surface area contributed by atoms with Gasteiger partial charge in [0, 0.05) is 10.6 Å². The Morgan fingerprint density at radius 2 is 1.77 bits per heavy atom. The predicted molar refractivity (Wildman–Crippen MR) is 104 cm³/mol. The van der Waals surface area contributed by atoms with Crippen molar-refractivity contribution < 1.29 is 22.8 Å². The summed E-state index contributed by atoms with van der Waals surface area (Å²) in [6.07, 6.45) is -2.66. The lowest BCUT2D eigenvalue weighted by atomic mass is 10.2. The van der Waals surface area contributed by atoms with Crippen LogP contribution in [0.15, 0.2) is 53.4 Å². The van der Waals surface area contributed by atoms with Crippen molar-refractivity contribution in [2.24, 2.45) is 0 Å². The lowest BCUT2D eigenvalue weighted by Crippen LogP contribution is -2.34. The van der Waals surface area contributed by atoms with Gasteiger partial charge in [-0.3, -0.25) is 9.59 Å². The first-order valence-electron chi connectivity index (χ1n) is 8.46. The lowest BCUT2D eigenvalue weighted by Gasteiger charge is -2.09. The highest BCUT2D eigenvalue weighted by atomic mass is 32.2. The number of tetrazole rings is 1. The molecule has 156 valence electrons. The van der Waals surface area contributed by atoms with Crippen LogP contribution in [0.25, 0.3) is 5.69 Å². The van der Waals surface area contributed by atoms with Crippen molar-refractivity contribution >= 4 is 29.3 Å². The molecule has 0 saturated heterocycles. The van der Waals surface area contributed by atoms with Crippen LogP contribution < -0.4 is 10.6 Å². The average Bonchev–Trinajstić information content (AvgIpc) is 3.22. The second-order valence-corrected chi connectivity index (χ2v) is 6.75. The third kappa shape index (κ3) is 5.35. The molecule has 2 aromatic carbocycles. The fourth-order valence-electron chi connectivity index (χ4n) is 2.38. The number of carbonyl (C=O) groups excluding carboxylic acids is 2. The highest BCUT2D eigenvalue weighted by Crippen LogP contribution is 2.21. The van der Waals surface area contributed by atoms with Crippen molar-refractivity contribution in [3.63, 3.8) is 0 Å². The SMILES string of the molecule is CSc1ccccc1C(=O)Nc1ccc(-n2nnc(C(=O)NCC(F)(F)F)n2)cc1. The molecule has 2 amide bonds. The molecule has 0 radical (unpaired) electrons. The van der Waals surface area contributed by atoms with Crippen molar-refractivity contribution in [3.05, 3.63) is 59.9 Å².